The molecule has 0 saturated heterocycles. The normalized spacial score (nSPS) is 11.8. The van der Waals surface area contributed by atoms with Gasteiger partial charge in [0, 0.05) is 17.0 Å². The van der Waals surface area contributed by atoms with Crippen LogP contribution in [0.1, 0.15) is 29.4 Å². The van der Waals surface area contributed by atoms with Crippen molar-refractivity contribution in [2.45, 2.75) is 23.0 Å². The van der Waals surface area contributed by atoms with Crippen LogP contribution in [-0.2, 0) is 15.3 Å². The Balaban J connectivity index is 1.97. The average molecular weight is 448 g/mol. The molecule has 0 aliphatic heterocycles. The number of methoxy groups -OCH3 is 1. The van der Waals surface area contributed by atoms with E-state index in [0.29, 0.717) is 5.56 Å². The molecule has 0 amide bonds. The van der Waals surface area contributed by atoms with Crippen LogP contribution in [0.4, 0.5) is 8.78 Å². The number of phenols is 1. The molecule has 162 valence electrons. The summed E-state index contributed by atoms with van der Waals surface area (Å²) in [5.74, 6) is -3.60. The minimum atomic E-state index is -0.867. The fraction of sp³-hybridized carbons (Fsp3) is 0.182. The van der Waals surface area contributed by atoms with Crippen LogP contribution in [0.2, 0.25) is 0 Å². The quantitative estimate of drug-likeness (QED) is 0.410. The summed E-state index contributed by atoms with van der Waals surface area (Å²) < 4.78 is 37.4. The van der Waals surface area contributed by atoms with Crippen LogP contribution in [0.5, 0.6) is 11.5 Å². The minimum Gasteiger partial charge on any atom is -0.508 e. The van der Waals surface area contributed by atoms with Crippen LogP contribution in [0.3, 0.4) is 0 Å². The Morgan fingerprint density at radius 3 is 2.48 bits per heavy atom. The van der Waals surface area contributed by atoms with Gasteiger partial charge >= 0.3 is 5.97 Å². The molecule has 3 rings (SSSR count). The lowest BCUT2D eigenvalue weighted by Gasteiger charge is -2.17. The molecule has 0 saturated carbocycles. The Morgan fingerprint density at radius 1 is 1.13 bits per heavy atom. The standard InChI is InChI=1S/C22H18F2O6S/c1-29-20(27)10-16(12-2-5-14(25)6-3-12)22-21(28)18(26)9-15(30-22)11-31-19-7-4-13(23)8-17(19)24/h2-9,16,25,28H,10-11H2,1H3/t16-/m1/s1. The largest absolute Gasteiger partial charge is 0.508 e. The van der Waals surface area contributed by atoms with Gasteiger partial charge in [-0.1, -0.05) is 12.1 Å². The van der Waals surface area contributed by atoms with E-state index in [4.69, 9.17) is 9.15 Å². The van der Waals surface area contributed by atoms with E-state index in [9.17, 15) is 28.6 Å². The molecular formula is C22H18F2O6S. The van der Waals surface area contributed by atoms with Crippen molar-refractivity contribution in [1.29, 1.82) is 0 Å². The van der Waals surface area contributed by atoms with Crippen LogP contribution >= 0.6 is 11.8 Å². The van der Waals surface area contributed by atoms with Crippen molar-refractivity contribution in [2.24, 2.45) is 0 Å². The number of ether oxygens (including phenoxy) is 1. The minimum absolute atomic E-state index is 0.00211. The number of carbonyl (C=O) groups excluding carboxylic acids is 1. The highest BCUT2D eigenvalue weighted by Crippen LogP contribution is 2.35. The Bertz CT molecular complexity index is 1140. The van der Waals surface area contributed by atoms with Gasteiger partial charge in [-0.15, -0.1) is 11.8 Å². The SMILES string of the molecule is COC(=O)C[C@H](c1ccc(O)cc1)c1oc(CSc2ccc(F)cc2F)cc(=O)c1O. The summed E-state index contributed by atoms with van der Waals surface area (Å²) >= 11 is 0.979. The predicted molar refractivity (Wildman–Crippen MR) is 109 cm³/mol. The molecule has 1 atom stereocenters. The van der Waals surface area contributed by atoms with E-state index in [0.717, 1.165) is 30.0 Å². The number of thioether (sulfide) groups is 1. The van der Waals surface area contributed by atoms with Gasteiger partial charge in [-0.25, -0.2) is 8.78 Å². The third-order valence-electron chi connectivity index (χ3n) is 4.47. The van der Waals surface area contributed by atoms with Gasteiger partial charge in [-0.2, -0.15) is 0 Å². The number of aromatic hydroxyl groups is 2. The summed E-state index contributed by atoms with van der Waals surface area (Å²) in [5, 5.41) is 19.9. The van der Waals surface area contributed by atoms with Gasteiger partial charge in [-0.05, 0) is 29.8 Å². The lowest BCUT2D eigenvalue weighted by Crippen LogP contribution is -2.14. The summed E-state index contributed by atoms with van der Waals surface area (Å²) in [6, 6.07) is 10.0. The molecule has 2 aromatic carbocycles. The number of hydrogen-bond donors (Lipinski definition) is 2. The number of esters is 1. The maximum absolute atomic E-state index is 13.9. The topological polar surface area (TPSA) is 97.0 Å². The first-order valence-corrected chi connectivity index (χ1v) is 10.1. The maximum Gasteiger partial charge on any atom is 0.306 e. The number of phenolic OH excluding ortho intramolecular Hbond substituents is 1. The van der Waals surface area contributed by atoms with Crippen molar-refractivity contribution in [3.8, 4) is 11.5 Å². The lowest BCUT2D eigenvalue weighted by atomic mass is 9.92. The van der Waals surface area contributed by atoms with Gasteiger partial charge in [0.15, 0.2) is 5.76 Å². The number of benzene rings is 2. The number of carbonyl (C=O) groups is 1. The third-order valence-corrected chi connectivity index (χ3v) is 5.55. The second-order valence-electron chi connectivity index (χ2n) is 6.58. The molecule has 0 aliphatic carbocycles. The smallest absolute Gasteiger partial charge is 0.306 e. The van der Waals surface area contributed by atoms with Gasteiger partial charge in [-0.3, -0.25) is 9.59 Å². The molecule has 0 unspecified atom stereocenters. The van der Waals surface area contributed by atoms with Gasteiger partial charge in [0.05, 0.1) is 25.2 Å². The van der Waals surface area contributed by atoms with Gasteiger partial charge in [0.2, 0.25) is 11.2 Å². The molecule has 0 fully saturated rings. The van der Waals surface area contributed by atoms with E-state index in [2.05, 4.69) is 0 Å². The molecule has 31 heavy (non-hydrogen) atoms. The van der Waals surface area contributed by atoms with E-state index in [1.54, 1.807) is 0 Å². The molecular weight excluding hydrogens is 430 g/mol. The summed E-state index contributed by atoms with van der Waals surface area (Å²) in [7, 11) is 1.20. The van der Waals surface area contributed by atoms with Gasteiger partial charge < -0.3 is 19.4 Å². The Morgan fingerprint density at radius 2 is 1.84 bits per heavy atom. The van der Waals surface area contributed by atoms with Crippen molar-refractivity contribution in [3.63, 3.8) is 0 Å². The highest BCUT2D eigenvalue weighted by Gasteiger charge is 2.26. The summed E-state index contributed by atoms with van der Waals surface area (Å²) in [6.45, 7) is 0. The molecule has 1 aromatic heterocycles. The Kier molecular flexibility index (Phi) is 6.96. The molecule has 3 aromatic rings. The fourth-order valence-corrected chi connectivity index (χ4v) is 3.72. The summed E-state index contributed by atoms with van der Waals surface area (Å²) in [5.41, 5.74) is -0.235. The second-order valence-corrected chi connectivity index (χ2v) is 7.59. The first-order valence-electron chi connectivity index (χ1n) is 9.08. The zero-order chi connectivity index (χ0) is 22.5. The van der Waals surface area contributed by atoms with Gasteiger partial charge in [0.25, 0.3) is 0 Å². The summed E-state index contributed by atoms with van der Waals surface area (Å²) in [4.78, 5) is 24.4. The maximum atomic E-state index is 13.9. The zero-order valence-electron chi connectivity index (χ0n) is 16.3. The molecule has 6 nitrogen and oxygen atoms in total. The third kappa shape index (κ3) is 5.43. The monoisotopic (exact) mass is 448 g/mol. The molecule has 2 N–H and O–H groups in total. The van der Waals surface area contributed by atoms with Crippen LogP contribution in [0.25, 0.3) is 0 Å². The van der Waals surface area contributed by atoms with E-state index in [-0.39, 0.29) is 34.3 Å². The number of hydrogen-bond acceptors (Lipinski definition) is 7. The van der Waals surface area contributed by atoms with Crippen molar-refractivity contribution in [1.82, 2.24) is 0 Å². The Hall–Kier alpha value is -3.33. The summed E-state index contributed by atoms with van der Waals surface area (Å²) in [6.07, 6.45) is -0.235. The molecule has 9 heteroatoms. The molecule has 0 radical (unpaired) electrons. The van der Waals surface area contributed by atoms with Crippen LogP contribution in [-0.4, -0.2) is 23.3 Å². The van der Waals surface area contributed by atoms with Crippen LogP contribution < -0.4 is 5.43 Å². The van der Waals surface area contributed by atoms with Crippen LogP contribution in [0, 0.1) is 11.6 Å². The van der Waals surface area contributed by atoms with E-state index in [1.807, 2.05) is 0 Å². The highest BCUT2D eigenvalue weighted by molar-refractivity contribution is 7.98. The van der Waals surface area contributed by atoms with E-state index in [1.165, 1.54) is 37.4 Å². The van der Waals surface area contributed by atoms with Crippen molar-refractivity contribution < 1.29 is 32.9 Å². The number of rotatable bonds is 7. The molecule has 0 spiro atoms. The van der Waals surface area contributed by atoms with E-state index < -0.39 is 34.7 Å². The zero-order valence-corrected chi connectivity index (χ0v) is 17.1. The fourth-order valence-electron chi connectivity index (χ4n) is 2.92. The molecule has 1 heterocycles. The van der Waals surface area contributed by atoms with Crippen molar-refractivity contribution >= 4 is 17.7 Å². The van der Waals surface area contributed by atoms with Crippen molar-refractivity contribution in [2.75, 3.05) is 7.11 Å². The number of halogens is 2. The van der Waals surface area contributed by atoms with Crippen molar-refractivity contribution in [3.05, 3.63) is 87.5 Å². The van der Waals surface area contributed by atoms with Gasteiger partial charge in [0.1, 0.15) is 23.1 Å². The first kappa shape index (κ1) is 22.4. The predicted octanol–water partition coefficient (Wildman–Crippen LogP) is 4.32. The average Bonchev–Trinajstić information content (AvgIpc) is 2.74. The molecule has 0 aliphatic rings. The van der Waals surface area contributed by atoms with Crippen LogP contribution in [0.15, 0.2) is 62.6 Å². The Labute approximate surface area is 180 Å². The highest BCUT2D eigenvalue weighted by atomic mass is 32.2. The first-order chi connectivity index (χ1) is 14.8. The lowest BCUT2D eigenvalue weighted by molar-refractivity contribution is -0.140. The van der Waals surface area contributed by atoms with E-state index >= 15 is 0 Å². The molecule has 0 bridgehead atoms. The second kappa shape index (κ2) is 9.65.